The first-order chi connectivity index (χ1) is 14.5. The van der Waals surface area contributed by atoms with Gasteiger partial charge >= 0.3 is 5.76 Å². The summed E-state index contributed by atoms with van der Waals surface area (Å²) in [5.41, 5.74) is 5.22. The average Bonchev–Trinajstić information content (AvgIpc) is 3.17. The number of rotatable bonds is 6. The van der Waals surface area contributed by atoms with Crippen LogP contribution in [0.15, 0.2) is 62.6 Å². The third-order valence-electron chi connectivity index (χ3n) is 4.97. The van der Waals surface area contributed by atoms with E-state index < -0.39 is 5.76 Å². The number of aromatic amines is 2. The molecule has 0 unspecified atom stereocenters. The fraction of sp³-hybridized carbons (Fsp3) is 0.217. The molecule has 1 radical (unpaired) electrons. The minimum Gasteiger partial charge on any atom is -0.311 e. The third kappa shape index (κ3) is 5.39. The molecule has 0 fully saturated rings. The molecule has 0 aliphatic rings. The number of aryl methyl sites for hydroxylation is 2. The van der Waals surface area contributed by atoms with Crippen molar-refractivity contribution < 1.29 is 4.52 Å². The van der Waals surface area contributed by atoms with Gasteiger partial charge in [0.15, 0.2) is 5.82 Å². The van der Waals surface area contributed by atoms with Crippen molar-refractivity contribution in [2.24, 2.45) is 0 Å². The summed E-state index contributed by atoms with van der Waals surface area (Å²) in [6.45, 7) is 3.88. The Kier molecular flexibility index (Phi) is 7.96. The molecule has 0 bridgehead atoms. The monoisotopic (exact) mass is 441 g/mol. The van der Waals surface area contributed by atoms with Crippen LogP contribution in [-0.4, -0.2) is 71.5 Å². The number of nitrogens with one attached hydrogen (secondary N) is 2. The SMILES string of the molecule is CCCc1nc(C)[nH]c(=O)c1Cc1ccc(-c2ccccc2-c2noc(=O)[nH]2)cc1.[K]. The van der Waals surface area contributed by atoms with Gasteiger partial charge in [-0.25, -0.2) is 9.78 Å². The molecule has 4 rings (SSSR count). The van der Waals surface area contributed by atoms with E-state index in [0.717, 1.165) is 46.4 Å². The maximum Gasteiger partial charge on any atom is 0.439 e. The van der Waals surface area contributed by atoms with E-state index in [1.54, 1.807) is 6.92 Å². The number of hydrogen-bond donors (Lipinski definition) is 2. The predicted octanol–water partition coefficient (Wildman–Crippen LogP) is 3.25. The normalized spacial score (nSPS) is 10.6. The third-order valence-corrected chi connectivity index (χ3v) is 4.97. The van der Waals surface area contributed by atoms with E-state index in [9.17, 15) is 9.59 Å². The van der Waals surface area contributed by atoms with Crippen LogP contribution in [0.4, 0.5) is 0 Å². The summed E-state index contributed by atoms with van der Waals surface area (Å²) in [6.07, 6.45) is 2.24. The first-order valence-electron chi connectivity index (χ1n) is 9.88. The minimum absolute atomic E-state index is 0. The number of aromatic nitrogens is 4. The molecule has 31 heavy (non-hydrogen) atoms. The molecule has 0 atom stereocenters. The second-order valence-corrected chi connectivity index (χ2v) is 7.19. The summed E-state index contributed by atoms with van der Waals surface area (Å²) >= 11 is 0. The van der Waals surface area contributed by atoms with E-state index in [1.807, 2.05) is 48.5 Å². The molecule has 0 aliphatic heterocycles. The number of nitrogens with zero attached hydrogens (tertiary/aromatic N) is 2. The molecule has 2 N–H and O–H groups in total. The van der Waals surface area contributed by atoms with E-state index in [1.165, 1.54) is 0 Å². The summed E-state index contributed by atoms with van der Waals surface area (Å²) < 4.78 is 4.65. The van der Waals surface area contributed by atoms with Gasteiger partial charge < -0.3 is 4.98 Å². The van der Waals surface area contributed by atoms with Gasteiger partial charge in [0.2, 0.25) is 0 Å². The summed E-state index contributed by atoms with van der Waals surface area (Å²) in [4.78, 5) is 33.8. The van der Waals surface area contributed by atoms with E-state index in [-0.39, 0.29) is 56.9 Å². The van der Waals surface area contributed by atoms with Crippen LogP contribution in [0.2, 0.25) is 0 Å². The Bertz CT molecular complexity index is 1290. The van der Waals surface area contributed by atoms with Crippen LogP contribution in [0, 0.1) is 6.92 Å². The number of benzene rings is 2. The van der Waals surface area contributed by atoms with Crippen molar-refractivity contribution in [3.8, 4) is 22.5 Å². The first-order valence-corrected chi connectivity index (χ1v) is 9.88. The van der Waals surface area contributed by atoms with Gasteiger partial charge in [-0.3, -0.25) is 14.3 Å². The van der Waals surface area contributed by atoms with Crippen molar-refractivity contribution >= 4 is 51.4 Å². The molecule has 0 amide bonds. The second-order valence-electron chi connectivity index (χ2n) is 7.19. The van der Waals surface area contributed by atoms with Crippen molar-refractivity contribution in [3.63, 3.8) is 0 Å². The van der Waals surface area contributed by atoms with Crippen LogP contribution in [0.1, 0.15) is 36.0 Å². The van der Waals surface area contributed by atoms with Crippen molar-refractivity contribution in [1.82, 2.24) is 20.1 Å². The molecule has 0 saturated carbocycles. The average molecular weight is 442 g/mol. The van der Waals surface area contributed by atoms with Crippen LogP contribution < -0.4 is 11.3 Å². The van der Waals surface area contributed by atoms with Crippen molar-refractivity contribution in [2.45, 2.75) is 33.1 Å². The molecule has 7 nitrogen and oxygen atoms in total. The fourth-order valence-electron chi connectivity index (χ4n) is 3.59. The predicted molar refractivity (Wildman–Crippen MR) is 120 cm³/mol. The summed E-state index contributed by atoms with van der Waals surface area (Å²) in [7, 11) is 0. The molecule has 4 aromatic rings. The zero-order valence-electron chi connectivity index (χ0n) is 17.9. The van der Waals surface area contributed by atoms with Crippen molar-refractivity contribution in [2.75, 3.05) is 0 Å². The standard InChI is InChI=1S/C23H22N4O3.K/c1-3-6-20-19(22(28)25-14(2)24-20)13-15-9-11-16(12-10-15)17-7-4-5-8-18(17)21-26-23(29)30-27-21;/h4-5,7-12H,3,6,13H2,1-2H3,(H,24,25,28)(H,26,27,29);. The smallest absolute Gasteiger partial charge is 0.311 e. The first kappa shape index (κ1) is 23.6. The van der Waals surface area contributed by atoms with Gasteiger partial charge in [-0.05, 0) is 30.0 Å². The van der Waals surface area contributed by atoms with E-state index >= 15 is 0 Å². The van der Waals surface area contributed by atoms with Crippen LogP contribution in [0.3, 0.4) is 0 Å². The zero-order chi connectivity index (χ0) is 21.1. The van der Waals surface area contributed by atoms with Gasteiger partial charge in [-0.15, -0.1) is 0 Å². The topological polar surface area (TPSA) is 105 Å². The van der Waals surface area contributed by atoms with Crippen molar-refractivity contribution in [1.29, 1.82) is 0 Å². The Balaban J connectivity index is 0.00000272. The van der Waals surface area contributed by atoms with Crippen LogP contribution in [0.5, 0.6) is 0 Å². The molecule has 153 valence electrons. The maximum atomic E-state index is 12.5. The molecule has 2 aromatic carbocycles. The minimum atomic E-state index is -0.588. The molecular formula is C23H22KN4O3. The van der Waals surface area contributed by atoms with Gasteiger partial charge in [0.05, 0.1) is 5.69 Å². The van der Waals surface area contributed by atoms with E-state index in [2.05, 4.69) is 31.6 Å². The van der Waals surface area contributed by atoms with Gasteiger partial charge in [0.25, 0.3) is 5.56 Å². The maximum absolute atomic E-state index is 12.5. The fourth-order valence-corrected chi connectivity index (χ4v) is 3.59. The van der Waals surface area contributed by atoms with E-state index in [0.29, 0.717) is 18.1 Å². The zero-order valence-corrected chi connectivity index (χ0v) is 21.0. The van der Waals surface area contributed by atoms with Crippen LogP contribution in [0.25, 0.3) is 22.5 Å². The largest absolute Gasteiger partial charge is 0.439 e. The molecule has 0 saturated heterocycles. The molecule has 2 aromatic heterocycles. The van der Waals surface area contributed by atoms with E-state index in [4.69, 9.17) is 0 Å². The van der Waals surface area contributed by atoms with Gasteiger partial charge in [0, 0.05) is 68.9 Å². The molecule has 8 heteroatoms. The van der Waals surface area contributed by atoms with Crippen molar-refractivity contribution in [3.05, 3.63) is 92.1 Å². The molecule has 2 heterocycles. The Labute approximate surface area is 221 Å². The summed E-state index contributed by atoms with van der Waals surface area (Å²) in [6, 6.07) is 15.7. The quantitative estimate of drug-likeness (QED) is 0.447. The Morgan fingerprint density at radius 1 is 0.968 bits per heavy atom. The van der Waals surface area contributed by atoms with Gasteiger partial charge in [0.1, 0.15) is 5.82 Å². The van der Waals surface area contributed by atoms with Gasteiger partial charge in [-0.1, -0.05) is 67.0 Å². The van der Waals surface area contributed by atoms with Gasteiger partial charge in [-0.2, -0.15) is 0 Å². The second kappa shape index (κ2) is 10.5. The summed E-state index contributed by atoms with van der Waals surface area (Å²) in [5.74, 6) is 0.446. The molecule has 0 spiro atoms. The van der Waals surface area contributed by atoms with Crippen LogP contribution in [-0.2, 0) is 12.8 Å². The molecular weight excluding hydrogens is 419 g/mol. The Morgan fingerprint density at radius 2 is 1.68 bits per heavy atom. The van der Waals surface area contributed by atoms with Crippen LogP contribution >= 0.6 is 0 Å². The number of H-pyrrole nitrogens is 2. The Hall–Kier alpha value is -2.10. The Morgan fingerprint density at radius 3 is 2.32 bits per heavy atom. The summed E-state index contributed by atoms with van der Waals surface area (Å²) in [5, 5.41) is 3.80. The number of hydrogen-bond acceptors (Lipinski definition) is 5. The molecule has 0 aliphatic carbocycles.